The van der Waals surface area contributed by atoms with E-state index in [4.69, 9.17) is 10.5 Å². The van der Waals surface area contributed by atoms with Gasteiger partial charge in [-0.15, -0.1) is 0 Å². The lowest BCUT2D eigenvalue weighted by atomic mass is 10.2. The van der Waals surface area contributed by atoms with Gasteiger partial charge in [0.05, 0.1) is 0 Å². The number of rotatable bonds is 4. The molecule has 0 unspecified atom stereocenters. The summed E-state index contributed by atoms with van der Waals surface area (Å²) >= 11 is 0. The van der Waals surface area contributed by atoms with Crippen LogP contribution in [-0.2, 0) is 4.74 Å². The molecule has 0 atom stereocenters. The first-order valence-electron chi connectivity index (χ1n) is 6.08. The smallest absolute Gasteiger partial charge is 0.407 e. The predicted octanol–water partition coefficient (Wildman–Crippen LogP) is 1.99. The Hall–Kier alpha value is -2.11. The van der Waals surface area contributed by atoms with Crippen LogP contribution in [0.4, 0.5) is 10.7 Å². The largest absolute Gasteiger partial charge is 0.444 e. The van der Waals surface area contributed by atoms with Crippen LogP contribution >= 0.6 is 0 Å². The number of nitrogen functional groups attached to an aromatic ring is 1. The maximum absolute atomic E-state index is 11.3. The van der Waals surface area contributed by atoms with Crippen LogP contribution in [0.2, 0.25) is 0 Å². The maximum Gasteiger partial charge on any atom is 0.407 e. The van der Waals surface area contributed by atoms with Crippen LogP contribution in [0.5, 0.6) is 0 Å². The Morgan fingerprint density at radius 3 is 2.63 bits per heavy atom. The molecule has 0 aliphatic rings. The highest BCUT2D eigenvalue weighted by Crippen LogP contribution is 2.06. The third kappa shape index (κ3) is 7.03. The number of aromatic nitrogens is 2. The molecular weight excluding hydrogens is 244 g/mol. The quantitative estimate of drug-likeness (QED) is 0.812. The normalized spacial score (nSPS) is 11.5. The Morgan fingerprint density at radius 2 is 2.05 bits per heavy atom. The van der Waals surface area contributed by atoms with Gasteiger partial charge in [-0.3, -0.25) is 0 Å². The third-order valence-corrected chi connectivity index (χ3v) is 1.98. The zero-order valence-electron chi connectivity index (χ0n) is 11.5. The number of nitrogens with zero attached hydrogens (tertiary/aromatic N) is 2. The number of anilines is 1. The number of amides is 1. The molecule has 6 heteroatoms. The van der Waals surface area contributed by atoms with Gasteiger partial charge in [-0.2, -0.15) is 0 Å². The molecule has 1 amide bonds. The summed E-state index contributed by atoms with van der Waals surface area (Å²) in [6.45, 7) is 6.00. The predicted molar refractivity (Wildman–Crippen MR) is 74.3 cm³/mol. The molecule has 104 valence electrons. The molecule has 1 heterocycles. The second-order valence-electron chi connectivity index (χ2n) is 4.99. The van der Waals surface area contributed by atoms with E-state index in [9.17, 15) is 4.79 Å². The average molecular weight is 264 g/mol. The third-order valence-electron chi connectivity index (χ3n) is 1.98. The Balaban J connectivity index is 2.24. The summed E-state index contributed by atoms with van der Waals surface area (Å²) < 4.78 is 5.11. The standard InChI is InChI=1S/C13H20N4O2/c1-13(2,3)19-12(18)15-7-5-4-6-10-8-16-11(14)17-9-10/h4,6,8-9H,5,7H2,1-3H3,(H,15,18)(H2,14,16,17). The fourth-order valence-electron chi connectivity index (χ4n) is 1.23. The summed E-state index contributed by atoms with van der Waals surface area (Å²) in [7, 11) is 0. The SMILES string of the molecule is CC(C)(C)OC(=O)NCCC=Cc1cnc(N)nc1. The Bertz CT molecular complexity index is 435. The molecule has 3 N–H and O–H groups in total. The molecule has 6 nitrogen and oxygen atoms in total. The number of hydrogen-bond donors (Lipinski definition) is 2. The van der Waals surface area contributed by atoms with Crippen LogP contribution in [0.25, 0.3) is 6.08 Å². The highest BCUT2D eigenvalue weighted by atomic mass is 16.6. The number of alkyl carbamates (subject to hydrolysis) is 1. The van der Waals surface area contributed by atoms with Gasteiger partial charge in [0.15, 0.2) is 0 Å². The highest BCUT2D eigenvalue weighted by Gasteiger charge is 2.14. The molecule has 0 saturated carbocycles. The summed E-state index contributed by atoms with van der Waals surface area (Å²) in [6, 6.07) is 0. The molecule has 1 aromatic heterocycles. The molecular formula is C13H20N4O2. The van der Waals surface area contributed by atoms with Gasteiger partial charge in [0.2, 0.25) is 5.95 Å². The number of nitrogens with two attached hydrogens (primary N) is 1. The minimum Gasteiger partial charge on any atom is -0.444 e. The lowest BCUT2D eigenvalue weighted by Gasteiger charge is -2.19. The van der Waals surface area contributed by atoms with E-state index in [0.29, 0.717) is 13.0 Å². The lowest BCUT2D eigenvalue weighted by Crippen LogP contribution is -2.32. The Kier molecular flexibility index (Phi) is 5.29. The van der Waals surface area contributed by atoms with Crippen LogP contribution in [0.3, 0.4) is 0 Å². The Labute approximate surface area is 113 Å². The lowest BCUT2D eigenvalue weighted by molar-refractivity contribution is 0.0529. The first kappa shape index (κ1) is 14.9. The van der Waals surface area contributed by atoms with Crippen molar-refractivity contribution >= 4 is 18.1 Å². The van der Waals surface area contributed by atoms with Gasteiger partial charge < -0.3 is 15.8 Å². The first-order chi connectivity index (χ1) is 8.87. The van der Waals surface area contributed by atoms with E-state index in [1.807, 2.05) is 32.9 Å². The van der Waals surface area contributed by atoms with Crippen molar-refractivity contribution in [3.05, 3.63) is 24.0 Å². The molecule has 0 bridgehead atoms. The van der Waals surface area contributed by atoms with Crippen LogP contribution in [-0.4, -0.2) is 28.2 Å². The van der Waals surface area contributed by atoms with Gasteiger partial charge >= 0.3 is 6.09 Å². The minimum atomic E-state index is -0.471. The van der Waals surface area contributed by atoms with Crippen LogP contribution in [0.1, 0.15) is 32.8 Å². The van der Waals surface area contributed by atoms with E-state index in [1.165, 1.54) is 0 Å². The fourth-order valence-corrected chi connectivity index (χ4v) is 1.23. The zero-order valence-corrected chi connectivity index (χ0v) is 11.5. The molecule has 0 aliphatic heterocycles. The summed E-state index contributed by atoms with van der Waals surface area (Å²) in [5, 5.41) is 2.67. The number of nitrogens with one attached hydrogen (secondary N) is 1. The molecule has 0 saturated heterocycles. The van der Waals surface area contributed by atoms with Crippen LogP contribution in [0.15, 0.2) is 18.5 Å². The molecule has 0 aliphatic carbocycles. The molecule has 0 aromatic carbocycles. The van der Waals surface area contributed by atoms with Gasteiger partial charge in [0.1, 0.15) is 5.60 Å². The van der Waals surface area contributed by atoms with Crippen molar-refractivity contribution in [1.29, 1.82) is 0 Å². The molecule has 19 heavy (non-hydrogen) atoms. The molecule has 0 spiro atoms. The van der Waals surface area contributed by atoms with E-state index >= 15 is 0 Å². The monoisotopic (exact) mass is 264 g/mol. The van der Waals surface area contributed by atoms with Crippen molar-refractivity contribution in [3.63, 3.8) is 0 Å². The second kappa shape index (κ2) is 6.72. The second-order valence-corrected chi connectivity index (χ2v) is 4.99. The fraction of sp³-hybridized carbons (Fsp3) is 0.462. The van der Waals surface area contributed by atoms with E-state index < -0.39 is 11.7 Å². The molecule has 0 fully saturated rings. The van der Waals surface area contributed by atoms with Gasteiger partial charge in [-0.25, -0.2) is 14.8 Å². The first-order valence-corrected chi connectivity index (χ1v) is 6.08. The van der Waals surface area contributed by atoms with Crippen molar-refractivity contribution < 1.29 is 9.53 Å². The summed E-state index contributed by atoms with van der Waals surface area (Å²) in [5.41, 5.74) is 5.78. The van der Waals surface area contributed by atoms with Gasteiger partial charge in [0.25, 0.3) is 0 Å². The van der Waals surface area contributed by atoms with Gasteiger partial charge in [-0.1, -0.05) is 12.2 Å². The summed E-state index contributed by atoms with van der Waals surface area (Å²) in [5.74, 6) is 0.253. The van der Waals surface area contributed by atoms with E-state index in [-0.39, 0.29) is 5.95 Å². The highest BCUT2D eigenvalue weighted by molar-refractivity contribution is 5.67. The van der Waals surface area contributed by atoms with Crippen molar-refractivity contribution in [2.75, 3.05) is 12.3 Å². The molecule has 1 aromatic rings. The van der Waals surface area contributed by atoms with Crippen molar-refractivity contribution in [2.24, 2.45) is 0 Å². The minimum absolute atomic E-state index is 0.253. The van der Waals surface area contributed by atoms with Crippen molar-refractivity contribution in [1.82, 2.24) is 15.3 Å². The molecule has 1 rings (SSSR count). The zero-order chi connectivity index (χ0) is 14.3. The number of hydrogen-bond acceptors (Lipinski definition) is 5. The van der Waals surface area contributed by atoms with E-state index in [1.54, 1.807) is 12.4 Å². The number of carbonyl (C=O) groups excluding carboxylic acids is 1. The van der Waals surface area contributed by atoms with Gasteiger partial charge in [0, 0.05) is 24.5 Å². The van der Waals surface area contributed by atoms with E-state index in [0.717, 1.165) is 5.56 Å². The molecule has 0 radical (unpaired) electrons. The van der Waals surface area contributed by atoms with Crippen LogP contribution in [0, 0.1) is 0 Å². The van der Waals surface area contributed by atoms with Gasteiger partial charge in [-0.05, 0) is 27.2 Å². The van der Waals surface area contributed by atoms with E-state index in [2.05, 4.69) is 15.3 Å². The Morgan fingerprint density at radius 1 is 1.42 bits per heavy atom. The topological polar surface area (TPSA) is 90.1 Å². The van der Waals surface area contributed by atoms with Crippen molar-refractivity contribution in [3.8, 4) is 0 Å². The average Bonchev–Trinajstić information content (AvgIpc) is 2.29. The van der Waals surface area contributed by atoms with Crippen LogP contribution < -0.4 is 11.1 Å². The van der Waals surface area contributed by atoms with Crippen molar-refractivity contribution in [2.45, 2.75) is 32.8 Å². The number of ether oxygens (including phenoxy) is 1. The summed E-state index contributed by atoms with van der Waals surface area (Å²) in [6.07, 6.45) is 7.36. The summed E-state index contributed by atoms with van der Waals surface area (Å²) in [4.78, 5) is 19.1. The number of carbonyl (C=O) groups is 1. The maximum atomic E-state index is 11.3.